The van der Waals surface area contributed by atoms with E-state index in [1.807, 2.05) is 0 Å². The van der Waals surface area contributed by atoms with Gasteiger partial charge in [0.1, 0.15) is 0 Å². The summed E-state index contributed by atoms with van der Waals surface area (Å²) >= 11 is 0. The van der Waals surface area contributed by atoms with Gasteiger partial charge in [-0.2, -0.15) is 5.10 Å². The fourth-order valence-corrected chi connectivity index (χ4v) is 1.15. The molecule has 0 aromatic carbocycles. The first-order valence-electron chi connectivity index (χ1n) is 3.65. The summed E-state index contributed by atoms with van der Waals surface area (Å²) < 4.78 is 1.52. The number of hydrogen-bond acceptors (Lipinski definition) is 2. The number of rotatable bonds is 1. The van der Waals surface area contributed by atoms with Crippen LogP contribution in [0.1, 0.15) is 10.4 Å². The lowest BCUT2D eigenvalue weighted by atomic mass is 10.3. The Hall–Kier alpha value is -2.15. The molecule has 4 nitrogen and oxygen atoms in total. The number of carbonyl (C=O) groups is 1. The highest BCUT2D eigenvalue weighted by Gasteiger charge is 2.02. The first-order chi connectivity index (χ1) is 6.35. The minimum atomic E-state index is 0.507. The summed E-state index contributed by atoms with van der Waals surface area (Å²) in [4.78, 5) is 13.8. The van der Waals surface area contributed by atoms with Crippen molar-refractivity contribution in [2.45, 2.75) is 0 Å². The monoisotopic (exact) mass is 171 g/mol. The van der Waals surface area contributed by atoms with E-state index in [0.29, 0.717) is 11.3 Å². The molecule has 0 fully saturated rings. The molecule has 0 atom stereocenters. The molecular weight excluding hydrogens is 166 g/mol. The second-order valence-electron chi connectivity index (χ2n) is 2.55. The lowest BCUT2D eigenvalue weighted by molar-refractivity contribution is 0.112. The van der Waals surface area contributed by atoms with Crippen LogP contribution >= 0.6 is 0 Å². The van der Waals surface area contributed by atoms with Gasteiger partial charge in [0.2, 0.25) is 5.69 Å². The van der Waals surface area contributed by atoms with E-state index in [1.54, 1.807) is 18.3 Å². The zero-order valence-electron chi connectivity index (χ0n) is 6.64. The number of hydrogen-bond donors (Lipinski definition) is 0. The smallest absolute Gasteiger partial charge is 0.205 e. The van der Waals surface area contributed by atoms with Crippen molar-refractivity contribution in [2.24, 2.45) is 0 Å². The second kappa shape index (κ2) is 2.72. The molecule has 0 aliphatic rings. The van der Waals surface area contributed by atoms with Gasteiger partial charge in [-0.25, -0.2) is 4.85 Å². The Kier molecular flexibility index (Phi) is 1.57. The molecule has 2 rings (SSSR count). The van der Waals surface area contributed by atoms with Crippen LogP contribution in [-0.4, -0.2) is 15.9 Å². The third kappa shape index (κ3) is 1.07. The minimum Gasteiger partial charge on any atom is -0.298 e. The summed E-state index contributed by atoms with van der Waals surface area (Å²) in [5.74, 6) is 0. The molecule has 0 unspecified atom stereocenters. The summed E-state index contributed by atoms with van der Waals surface area (Å²) in [6.07, 6.45) is 3.82. The van der Waals surface area contributed by atoms with E-state index >= 15 is 0 Å². The van der Waals surface area contributed by atoms with E-state index in [9.17, 15) is 4.79 Å². The Morgan fingerprint density at radius 3 is 3.08 bits per heavy atom. The van der Waals surface area contributed by atoms with Crippen LogP contribution in [0.15, 0.2) is 24.5 Å². The molecule has 0 bridgehead atoms. The normalized spacial score (nSPS) is 9.77. The third-order valence-corrected chi connectivity index (χ3v) is 1.79. The molecule has 0 radical (unpaired) electrons. The van der Waals surface area contributed by atoms with E-state index in [4.69, 9.17) is 6.57 Å². The molecule has 0 saturated heterocycles. The van der Waals surface area contributed by atoms with E-state index in [0.717, 1.165) is 11.8 Å². The Morgan fingerprint density at radius 2 is 2.38 bits per heavy atom. The topological polar surface area (TPSA) is 38.7 Å². The van der Waals surface area contributed by atoms with E-state index in [2.05, 4.69) is 9.94 Å². The van der Waals surface area contributed by atoms with Crippen LogP contribution < -0.4 is 0 Å². The van der Waals surface area contributed by atoms with Gasteiger partial charge in [0.15, 0.2) is 6.29 Å². The van der Waals surface area contributed by atoms with Crippen molar-refractivity contribution >= 4 is 17.5 Å². The van der Waals surface area contributed by atoms with Gasteiger partial charge in [0.25, 0.3) is 0 Å². The molecule has 0 spiro atoms. The summed E-state index contributed by atoms with van der Waals surface area (Å²) in [6.45, 7) is 6.78. The molecule has 0 amide bonds. The maximum atomic E-state index is 10.5. The van der Waals surface area contributed by atoms with Crippen molar-refractivity contribution in [3.63, 3.8) is 0 Å². The molecule has 0 saturated carbocycles. The van der Waals surface area contributed by atoms with Crippen LogP contribution in [0.5, 0.6) is 0 Å². The minimum absolute atomic E-state index is 0.507. The molecule has 0 aliphatic carbocycles. The number of aromatic nitrogens is 2. The highest BCUT2D eigenvalue weighted by Crippen LogP contribution is 2.15. The zero-order chi connectivity index (χ0) is 9.26. The summed E-state index contributed by atoms with van der Waals surface area (Å²) in [5.41, 5.74) is 1.77. The van der Waals surface area contributed by atoms with E-state index in [-0.39, 0.29) is 0 Å². The average molecular weight is 171 g/mol. The Labute approximate surface area is 74.2 Å². The quantitative estimate of drug-likeness (QED) is 0.483. The molecular formula is C9H5N3O. The van der Waals surface area contributed by atoms with Gasteiger partial charge < -0.3 is 0 Å². The number of carbonyl (C=O) groups excluding carboxylic acids is 1. The van der Waals surface area contributed by atoms with Crippen molar-refractivity contribution < 1.29 is 4.79 Å². The fourth-order valence-electron chi connectivity index (χ4n) is 1.15. The fraction of sp³-hybridized carbons (Fsp3) is 0. The molecule has 0 aliphatic heterocycles. The van der Waals surface area contributed by atoms with Crippen molar-refractivity contribution in [2.75, 3.05) is 0 Å². The molecule has 62 valence electrons. The third-order valence-electron chi connectivity index (χ3n) is 1.79. The van der Waals surface area contributed by atoms with Crippen molar-refractivity contribution in [1.29, 1.82) is 0 Å². The summed E-state index contributed by atoms with van der Waals surface area (Å²) in [7, 11) is 0. The number of aldehydes is 1. The first kappa shape index (κ1) is 7.50. The number of fused-ring (bicyclic) bond motifs is 1. The Morgan fingerprint density at radius 1 is 1.54 bits per heavy atom. The Bertz CT molecular complexity index is 507. The SMILES string of the molecule is [C-]#[N+]c1ccc2c(C=O)cnn2c1. The van der Waals surface area contributed by atoms with Crippen LogP contribution in [0.4, 0.5) is 5.69 Å². The highest BCUT2D eigenvalue weighted by atomic mass is 16.1. The van der Waals surface area contributed by atoms with Crippen molar-refractivity contribution in [3.8, 4) is 0 Å². The zero-order valence-corrected chi connectivity index (χ0v) is 6.64. The van der Waals surface area contributed by atoms with Crippen LogP contribution in [0.2, 0.25) is 0 Å². The molecule has 2 aromatic heterocycles. The van der Waals surface area contributed by atoms with Crippen molar-refractivity contribution in [3.05, 3.63) is 41.5 Å². The van der Waals surface area contributed by atoms with Gasteiger partial charge in [-0.05, 0) is 6.07 Å². The lowest BCUT2D eigenvalue weighted by Gasteiger charge is -1.93. The van der Waals surface area contributed by atoms with Crippen LogP contribution in [-0.2, 0) is 0 Å². The average Bonchev–Trinajstić information content (AvgIpc) is 2.59. The van der Waals surface area contributed by atoms with Gasteiger partial charge in [-0.15, -0.1) is 0 Å². The number of nitrogens with zero attached hydrogens (tertiary/aromatic N) is 3. The van der Waals surface area contributed by atoms with Gasteiger partial charge in [-0.3, -0.25) is 9.31 Å². The van der Waals surface area contributed by atoms with Crippen LogP contribution in [0.3, 0.4) is 0 Å². The van der Waals surface area contributed by atoms with E-state index in [1.165, 1.54) is 10.7 Å². The Balaban J connectivity index is 2.76. The van der Waals surface area contributed by atoms with E-state index < -0.39 is 0 Å². The van der Waals surface area contributed by atoms with Gasteiger partial charge in [0, 0.05) is 6.20 Å². The van der Waals surface area contributed by atoms with Gasteiger partial charge in [0.05, 0.1) is 23.8 Å². The number of pyridine rings is 1. The molecule has 13 heavy (non-hydrogen) atoms. The molecule has 2 heterocycles. The largest absolute Gasteiger partial charge is 0.298 e. The molecule has 0 N–H and O–H groups in total. The molecule has 4 heteroatoms. The predicted octanol–water partition coefficient (Wildman–Crippen LogP) is 1.70. The van der Waals surface area contributed by atoms with Crippen LogP contribution in [0.25, 0.3) is 10.4 Å². The van der Waals surface area contributed by atoms with Crippen LogP contribution in [0, 0.1) is 6.57 Å². The summed E-state index contributed by atoms with van der Waals surface area (Å²) in [6, 6.07) is 3.38. The first-order valence-corrected chi connectivity index (χ1v) is 3.65. The molecule has 2 aromatic rings. The maximum Gasteiger partial charge on any atom is 0.205 e. The highest BCUT2D eigenvalue weighted by molar-refractivity contribution is 5.85. The lowest BCUT2D eigenvalue weighted by Crippen LogP contribution is -1.84. The second-order valence-corrected chi connectivity index (χ2v) is 2.55. The standard InChI is InChI=1S/C9H5N3O/c1-10-8-2-3-9-7(6-13)4-11-12(9)5-8/h2-6H. The van der Waals surface area contributed by atoms with Crippen molar-refractivity contribution in [1.82, 2.24) is 9.61 Å². The summed E-state index contributed by atoms with van der Waals surface area (Å²) in [5, 5.41) is 3.94. The maximum absolute atomic E-state index is 10.5. The van der Waals surface area contributed by atoms with Gasteiger partial charge >= 0.3 is 0 Å². The predicted molar refractivity (Wildman–Crippen MR) is 46.8 cm³/mol. The van der Waals surface area contributed by atoms with Gasteiger partial charge in [-0.1, -0.05) is 6.07 Å².